The number of carbonyl (C=O) groups excluding carboxylic acids is 5. The first kappa shape index (κ1) is 27.7. The first-order valence-electron chi connectivity index (χ1n) is 10.5. The standard InChI is InChI=1S/C20H24N6O9S2/c1-20(2,3)17(30)34-7-33-16(29)12-9(35-19(22)31)6-36-15-11(14(28)26(12)15)24-13(27)10(25-32-4)8-5-37-18(21)23-8/h5,11,15H,6-7H2,1-4H3,(H2,21,23)(H2,22,31)(H,24,27)/b25-10-/t11-,15-/m1/s1. The maximum Gasteiger partial charge on any atom is 0.409 e. The molecule has 15 nitrogen and oxygen atoms in total. The fourth-order valence-corrected chi connectivity index (χ4v) is 4.90. The summed E-state index contributed by atoms with van der Waals surface area (Å²) < 4.78 is 14.8. The largest absolute Gasteiger partial charge is 0.427 e. The number of nitrogen functional groups attached to an aromatic ring is 1. The van der Waals surface area contributed by atoms with Crippen molar-refractivity contribution >= 4 is 63.8 Å². The Morgan fingerprint density at radius 2 is 1.97 bits per heavy atom. The minimum atomic E-state index is -1.21. The average molecular weight is 557 g/mol. The molecule has 1 fully saturated rings. The molecule has 0 unspecified atom stereocenters. The van der Waals surface area contributed by atoms with Gasteiger partial charge in [0.25, 0.3) is 11.8 Å². The maximum atomic E-state index is 13.0. The minimum Gasteiger partial charge on any atom is -0.427 e. The Balaban J connectivity index is 1.76. The molecule has 0 aromatic carbocycles. The highest BCUT2D eigenvalue weighted by Crippen LogP contribution is 2.41. The highest BCUT2D eigenvalue weighted by atomic mass is 32.2. The van der Waals surface area contributed by atoms with Crippen molar-refractivity contribution in [2.75, 3.05) is 25.4 Å². The van der Waals surface area contributed by atoms with Crippen molar-refractivity contribution in [1.29, 1.82) is 0 Å². The van der Waals surface area contributed by atoms with Gasteiger partial charge in [-0.25, -0.2) is 14.6 Å². The van der Waals surface area contributed by atoms with Crippen LogP contribution in [0.1, 0.15) is 26.5 Å². The number of ether oxygens (including phenoxy) is 3. The number of hydrogen-bond donors (Lipinski definition) is 3. The summed E-state index contributed by atoms with van der Waals surface area (Å²) in [6.45, 7) is 4.10. The van der Waals surface area contributed by atoms with Gasteiger partial charge in [-0.2, -0.15) is 0 Å². The molecule has 2 aliphatic rings. The van der Waals surface area contributed by atoms with Crippen molar-refractivity contribution in [3.05, 3.63) is 22.5 Å². The molecule has 5 N–H and O–H groups in total. The lowest BCUT2D eigenvalue weighted by atomic mass is 9.98. The minimum absolute atomic E-state index is 0.0579. The molecule has 17 heteroatoms. The molecule has 0 radical (unpaired) electrons. The summed E-state index contributed by atoms with van der Waals surface area (Å²) in [5.74, 6) is -3.48. The molecule has 0 aliphatic carbocycles. The molecule has 1 saturated heterocycles. The summed E-state index contributed by atoms with van der Waals surface area (Å²) in [4.78, 5) is 71.7. The zero-order valence-corrected chi connectivity index (χ0v) is 21.8. The van der Waals surface area contributed by atoms with Crippen molar-refractivity contribution < 1.29 is 43.0 Å². The Hall–Kier alpha value is -3.86. The second-order valence-electron chi connectivity index (χ2n) is 8.48. The molecule has 1 aromatic heterocycles. The molecule has 200 valence electrons. The molecular weight excluding hydrogens is 532 g/mol. The van der Waals surface area contributed by atoms with E-state index in [0.717, 1.165) is 28.0 Å². The number of anilines is 1. The number of nitrogens with zero attached hydrogens (tertiary/aromatic N) is 3. The molecule has 3 heterocycles. The maximum absolute atomic E-state index is 13.0. The van der Waals surface area contributed by atoms with Gasteiger partial charge in [0.2, 0.25) is 6.79 Å². The third-order valence-corrected chi connectivity index (χ3v) is 6.72. The van der Waals surface area contributed by atoms with Crippen LogP contribution in [0, 0.1) is 5.41 Å². The number of carbonyl (C=O) groups is 5. The number of hydrogen-bond acceptors (Lipinski definition) is 14. The molecule has 3 rings (SSSR count). The number of primary amides is 1. The van der Waals surface area contributed by atoms with Gasteiger partial charge in [0.05, 0.1) is 11.2 Å². The summed E-state index contributed by atoms with van der Waals surface area (Å²) in [5, 5.41) is 7.13. The van der Waals surface area contributed by atoms with Crippen LogP contribution in [-0.4, -0.2) is 76.5 Å². The van der Waals surface area contributed by atoms with Crippen LogP contribution < -0.4 is 16.8 Å². The van der Waals surface area contributed by atoms with Gasteiger partial charge < -0.3 is 35.8 Å². The van der Waals surface area contributed by atoms with Gasteiger partial charge in [0, 0.05) is 5.38 Å². The molecule has 37 heavy (non-hydrogen) atoms. The number of fused-ring (bicyclic) bond motifs is 1. The van der Waals surface area contributed by atoms with Crippen LogP contribution in [0.4, 0.5) is 9.93 Å². The molecule has 2 aliphatic heterocycles. The third kappa shape index (κ3) is 6.11. The zero-order valence-electron chi connectivity index (χ0n) is 20.1. The number of oxime groups is 1. The number of aromatic nitrogens is 1. The number of rotatable bonds is 8. The van der Waals surface area contributed by atoms with Crippen LogP contribution >= 0.6 is 23.1 Å². The van der Waals surface area contributed by atoms with Crippen LogP contribution in [0.15, 0.2) is 22.0 Å². The van der Waals surface area contributed by atoms with Crippen molar-refractivity contribution in [3.63, 3.8) is 0 Å². The number of β-lactam (4-membered cyclic amide) rings is 1. The number of thiazole rings is 1. The Bertz CT molecular complexity index is 1190. The Kier molecular flexibility index (Phi) is 8.27. The van der Waals surface area contributed by atoms with Crippen LogP contribution in [0.3, 0.4) is 0 Å². The Labute approximate surface area is 218 Å². The van der Waals surface area contributed by atoms with Gasteiger partial charge in [-0.1, -0.05) is 5.16 Å². The number of thioether (sulfide) groups is 1. The highest BCUT2D eigenvalue weighted by Gasteiger charge is 2.55. The van der Waals surface area contributed by atoms with Gasteiger partial charge >= 0.3 is 18.0 Å². The first-order chi connectivity index (χ1) is 17.3. The number of nitrogens with one attached hydrogen (secondary N) is 1. The van der Waals surface area contributed by atoms with Crippen molar-refractivity contribution in [3.8, 4) is 0 Å². The van der Waals surface area contributed by atoms with E-state index in [-0.39, 0.29) is 28.0 Å². The quantitative estimate of drug-likeness (QED) is 0.125. The molecular formula is C20H24N6O9S2. The summed E-state index contributed by atoms with van der Waals surface area (Å²) in [7, 11) is 1.23. The lowest BCUT2D eigenvalue weighted by molar-refractivity contribution is -0.173. The lowest BCUT2D eigenvalue weighted by Gasteiger charge is -2.49. The lowest BCUT2D eigenvalue weighted by Crippen LogP contribution is -2.71. The molecule has 0 bridgehead atoms. The average Bonchev–Trinajstić information content (AvgIpc) is 3.25. The normalized spacial score (nSPS) is 19.4. The number of nitrogens with two attached hydrogens (primary N) is 2. The second-order valence-corrected chi connectivity index (χ2v) is 10.5. The molecule has 3 amide bonds. The van der Waals surface area contributed by atoms with E-state index >= 15 is 0 Å². The van der Waals surface area contributed by atoms with Crippen LogP contribution in [0.2, 0.25) is 0 Å². The van der Waals surface area contributed by atoms with E-state index in [2.05, 4.69) is 15.5 Å². The molecule has 0 spiro atoms. The summed E-state index contributed by atoms with van der Waals surface area (Å²) >= 11 is 2.18. The van der Waals surface area contributed by atoms with Gasteiger partial charge in [-0.15, -0.1) is 23.1 Å². The monoisotopic (exact) mass is 556 g/mol. The van der Waals surface area contributed by atoms with E-state index in [1.165, 1.54) is 12.5 Å². The van der Waals surface area contributed by atoms with Crippen LogP contribution in [0.5, 0.6) is 0 Å². The van der Waals surface area contributed by atoms with Crippen LogP contribution in [0.25, 0.3) is 0 Å². The number of amides is 3. The summed E-state index contributed by atoms with van der Waals surface area (Å²) in [6, 6.07) is -1.08. The Morgan fingerprint density at radius 3 is 2.54 bits per heavy atom. The summed E-state index contributed by atoms with van der Waals surface area (Å²) in [6.07, 6.45) is -1.21. The van der Waals surface area contributed by atoms with E-state index in [0.29, 0.717) is 0 Å². The van der Waals surface area contributed by atoms with Crippen molar-refractivity contribution in [2.45, 2.75) is 32.2 Å². The third-order valence-electron chi connectivity index (χ3n) is 4.79. The predicted octanol–water partition coefficient (Wildman–Crippen LogP) is -0.127. The van der Waals surface area contributed by atoms with E-state index in [1.807, 2.05) is 0 Å². The highest BCUT2D eigenvalue weighted by molar-refractivity contribution is 8.00. The van der Waals surface area contributed by atoms with Crippen LogP contribution in [-0.2, 0) is 38.2 Å². The van der Waals surface area contributed by atoms with E-state index < -0.39 is 59.2 Å². The molecule has 2 atom stereocenters. The molecule has 0 saturated carbocycles. The predicted molar refractivity (Wildman–Crippen MR) is 129 cm³/mol. The fraction of sp³-hybridized carbons (Fsp3) is 0.450. The van der Waals surface area contributed by atoms with Gasteiger partial charge in [-0.05, 0) is 20.8 Å². The Morgan fingerprint density at radius 1 is 1.27 bits per heavy atom. The second kappa shape index (κ2) is 11.0. The summed E-state index contributed by atoms with van der Waals surface area (Å²) in [5.41, 5.74) is 9.40. The molecule has 1 aromatic rings. The van der Waals surface area contributed by atoms with Crippen molar-refractivity contribution in [1.82, 2.24) is 15.2 Å². The SMILES string of the molecule is CO/N=C(\C(=O)N[C@@H]1C(=O)N2C(C(=O)OCOC(=O)C(C)(C)C)=C(OC(N)=O)CS[C@H]12)c1csc(N)n1. The van der Waals surface area contributed by atoms with Gasteiger partial charge in [0.1, 0.15) is 24.2 Å². The topological polar surface area (TPSA) is 215 Å². The van der Waals surface area contributed by atoms with E-state index in [1.54, 1.807) is 20.8 Å². The number of esters is 2. The van der Waals surface area contributed by atoms with E-state index in [4.69, 9.17) is 30.5 Å². The zero-order chi connectivity index (χ0) is 27.5. The van der Waals surface area contributed by atoms with E-state index in [9.17, 15) is 24.0 Å². The first-order valence-corrected chi connectivity index (χ1v) is 12.4. The van der Waals surface area contributed by atoms with Gasteiger partial charge in [0.15, 0.2) is 22.3 Å². The smallest absolute Gasteiger partial charge is 0.409 e. The fourth-order valence-electron chi connectivity index (χ4n) is 3.10. The van der Waals surface area contributed by atoms with Gasteiger partial charge in [-0.3, -0.25) is 19.3 Å². The van der Waals surface area contributed by atoms with Crippen molar-refractivity contribution in [2.24, 2.45) is 16.3 Å².